The summed E-state index contributed by atoms with van der Waals surface area (Å²) in [6, 6.07) is 5.00. The van der Waals surface area contributed by atoms with Crippen molar-refractivity contribution in [3.05, 3.63) is 34.4 Å². The molecule has 1 unspecified atom stereocenters. The Morgan fingerprint density at radius 2 is 2.04 bits per heavy atom. The lowest BCUT2D eigenvalue weighted by molar-refractivity contribution is -0.143. The molecule has 24 heavy (non-hydrogen) atoms. The predicted octanol–water partition coefficient (Wildman–Crippen LogP) is 3.54. The third-order valence-electron chi connectivity index (χ3n) is 3.33. The lowest BCUT2D eigenvalue weighted by Crippen LogP contribution is -2.45. The van der Waals surface area contributed by atoms with Crippen LogP contribution in [0.4, 0.5) is 4.79 Å². The number of ether oxygens (including phenoxy) is 2. The van der Waals surface area contributed by atoms with E-state index in [0.29, 0.717) is 6.42 Å². The van der Waals surface area contributed by atoms with Gasteiger partial charge in [-0.2, -0.15) is 0 Å². The van der Waals surface area contributed by atoms with Crippen molar-refractivity contribution >= 4 is 38.9 Å². The Balaban J connectivity index is 2.19. The van der Waals surface area contributed by atoms with E-state index in [1.165, 1.54) is 7.11 Å². The van der Waals surface area contributed by atoms with Gasteiger partial charge in [0.25, 0.3) is 0 Å². The van der Waals surface area contributed by atoms with Crippen LogP contribution in [-0.4, -0.2) is 35.8 Å². The Hall–Kier alpha value is -2.02. The number of hydrogen-bond acceptors (Lipinski definition) is 4. The van der Waals surface area contributed by atoms with Crippen molar-refractivity contribution in [2.24, 2.45) is 0 Å². The number of hydrogen-bond donors (Lipinski definition) is 2. The standard InChI is InChI=1S/C17H21BrN2O4/c1-17(2,3)24-16(22)20-14(15(21)23-4)7-10-9-19-13-8-11(18)5-6-12(10)13/h5-6,8-9,14,19H,7H2,1-4H3,(H,20,22). The van der Waals surface area contributed by atoms with Crippen molar-refractivity contribution in [1.82, 2.24) is 10.3 Å². The van der Waals surface area contributed by atoms with E-state index in [0.717, 1.165) is 20.9 Å². The van der Waals surface area contributed by atoms with Crippen LogP contribution in [0.1, 0.15) is 26.3 Å². The fourth-order valence-electron chi connectivity index (χ4n) is 2.33. The van der Waals surface area contributed by atoms with Gasteiger partial charge in [-0.1, -0.05) is 22.0 Å². The van der Waals surface area contributed by atoms with Gasteiger partial charge in [0.05, 0.1) is 7.11 Å². The Kier molecular flexibility index (Phi) is 5.54. The molecule has 1 heterocycles. The smallest absolute Gasteiger partial charge is 0.408 e. The van der Waals surface area contributed by atoms with Crippen molar-refractivity contribution in [3.8, 4) is 0 Å². The summed E-state index contributed by atoms with van der Waals surface area (Å²) in [5.41, 5.74) is 1.21. The van der Waals surface area contributed by atoms with Gasteiger partial charge in [-0.3, -0.25) is 0 Å². The number of alkyl carbamates (subject to hydrolysis) is 1. The van der Waals surface area contributed by atoms with Gasteiger partial charge >= 0.3 is 12.1 Å². The number of carbonyl (C=O) groups is 2. The average Bonchev–Trinajstić information content (AvgIpc) is 2.85. The number of halogens is 1. The van der Waals surface area contributed by atoms with Gasteiger partial charge < -0.3 is 19.8 Å². The lowest BCUT2D eigenvalue weighted by atomic mass is 10.1. The second kappa shape index (κ2) is 7.25. The summed E-state index contributed by atoms with van der Waals surface area (Å²) in [6.07, 6.45) is 1.47. The molecule has 0 bridgehead atoms. The van der Waals surface area contributed by atoms with Crippen molar-refractivity contribution in [3.63, 3.8) is 0 Å². The van der Waals surface area contributed by atoms with Gasteiger partial charge in [-0.05, 0) is 38.5 Å². The molecular formula is C17H21BrN2O4. The summed E-state index contributed by atoms with van der Waals surface area (Å²) in [7, 11) is 1.29. The second-order valence-corrected chi connectivity index (χ2v) is 7.35. The topological polar surface area (TPSA) is 80.4 Å². The van der Waals surface area contributed by atoms with Gasteiger partial charge in [0.15, 0.2) is 0 Å². The third-order valence-corrected chi connectivity index (χ3v) is 3.82. The Morgan fingerprint density at radius 1 is 1.33 bits per heavy atom. The number of amides is 1. The highest BCUT2D eigenvalue weighted by Gasteiger charge is 2.26. The molecule has 1 amide bonds. The van der Waals surface area contributed by atoms with Gasteiger partial charge in [-0.25, -0.2) is 9.59 Å². The van der Waals surface area contributed by atoms with Crippen molar-refractivity contribution in [1.29, 1.82) is 0 Å². The Labute approximate surface area is 149 Å². The molecule has 0 fully saturated rings. The van der Waals surface area contributed by atoms with E-state index in [1.54, 1.807) is 20.8 Å². The summed E-state index contributed by atoms with van der Waals surface area (Å²) in [5.74, 6) is -0.521. The van der Waals surface area contributed by atoms with Crippen LogP contribution in [0.3, 0.4) is 0 Å². The largest absolute Gasteiger partial charge is 0.467 e. The van der Waals surface area contributed by atoms with Gasteiger partial charge in [0, 0.05) is 28.0 Å². The normalized spacial score (nSPS) is 12.7. The zero-order chi connectivity index (χ0) is 17.9. The number of carbonyl (C=O) groups excluding carboxylic acids is 2. The molecule has 0 saturated heterocycles. The number of aromatic nitrogens is 1. The SMILES string of the molecule is COC(=O)C(Cc1c[nH]c2cc(Br)ccc12)NC(=O)OC(C)(C)C. The number of aromatic amines is 1. The highest BCUT2D eigenvalue weighted by molar-refractivity contribution is 9.10. The van der Waals surface area contributed by atoms with Gasteiger partial charge in [0.1, 0.15) is 11.6 Å². The highest BCUT2D eigenvalue weighted by Crippen LogP contribution is 2.23. The average molecular weight is 397 g/mol. The lowest BCUT2D eigenvalue weighted by Gasteiger charge is -2.22. The molecule has 2 N–H and O–H groups in total. The first-order valence-electron chi connectivity index (χ1n) is 7.52. The molecule has 130 valence electrons. The van der Waals surface area contributed by atoms with Gasteiger partial charge in [-0.15, -0.1) is 0 Å². The number of benzene rings is 1. The first-order valence-corrected chi connectivity index (χ1v) is 8.32. The maximum atomic E-state index is 12.0. The summed E-state index contributed by atoms with van der Waals surface area (Å²) >= 11 is 3.42. The molecule has 6 nitrogen and oxygen atoms in total. The molecule has 1 aromatic carbocycles. The van der Waals surface area contributed by atoms with Crippen molar-refractivity contribution in [2.75, 3.05) is 7.11 Å². The predicted molar refractivity (Wildman–Crippen MR) is 94.9 cm³/mol. The van der Waals surface area contributed by atoms with E-state index in [-0.39, 0.29) is 0 Å². The van der Waals surface area contributed by atoms with Gasteiger partial charge in [0.2, 0.25) is 0 Å². The number of methoxy groups -OCH3 is 1. The minimum Gasteiger partial charge on any atom is -0.467 e. The molecule has 7 heteroatoms. The Bertz CT molecular complexity index is 749. The first-order chi connectivity index (χ1) is 11.2. The molecule has 0 aliphatic carbocycles. The van der Waals surface area contributed by atoms with Crippen LogP contribution in [0, 0.1) is 0 Å². The van der Waals surface area contributed by atoms with E-state index in [1.807, 2.05) is 24.4 Å². The molecule has 2 aromatic rings. The van der Waals surface area contributed by atoms with Crippen LogP contribution in [0.2, 0.25) is 0 Å². The summed E-state index contributed by atoms with van der Waals surface area (Å²) in [6.45, 7) is 5.28. The zero-order valence-corrected chi connectivity index (χ0v) is 15.7. The molecule has 2 rings (SSSR count). The van der Waals surface area contributed by atoms with Crippen LogP contribution < -0.4 is 5.32 Å². The molecule has 0 radical (unpaired) electrons. The number of rotatable bonds is 4. The highest BCUT2D eigenvalue weighted by atomic mass is 79.9. The first kappa shape index (κ1) is 18.3. The maximum Gasteiger partial charge on any atom is 0.408 e. The Morgan fingerprint density at radius 3 is 2.67 bits per heavy atom. The summed E-state index contributed by atoms with van der Waals surface area (Å²) < 4.78 is 11.0. The third kappa shape index (κ3) is 4.74. The fourth-order valence-corrected chi connectivity index (χ4v) is 2.69. The molecule has 0 spiro atoms. The number of fused-ring (bicyclic) bond motifs is 1. The summed E-state index contributed by atoms with van der Waals surface area (Å²) in [5, 5.41) is 3.56. The molecular weight excluding hydrogens is 376 g/mol. The molecule has 0 saturated carbocycles. The van der Waals surface area contributed by atoms with Crippen LogP contribution in [-0.2, 0) is 20.7 Å². The monoisotopic (exact) mass is 396 g/mol. The zero-order valence-electron chi connectivity index (χ0n) is 14.1. The minimum absolute atomic E-state index is 0.299. The molecule has 0 aliphatic heterocycles. The van der Waals surface area contributed by atoms with E-state index in [4.69, 9.17) is 9.47 Å². The molecule has 1 atom stereocenters. The van der Waals surface area contributed by atoms with Crippen molar-refractivity contribution < 1.29 is 19.1 Å². The number of H-pyrrole nitrogens is 1. The van der Waals surface area contributed by atoms with E-state index in [2.05, 4.69) is 26.2 Å². The summed E-state index contributed by atoms with van der Waals surface area (Å²) in [4.78, 5) is 27.1. The van der Waals surface area contributed by atoms with Crippen LogP contribution in [0.25, 0.3) is 10.9 Å². The second-order valence-electron chi connectivity index (χ2n) is 6.43. The fraction of sp³-hybridized carbons (Fsp3) is 0.412. The van der Waals surface area contributed by atoms with E-state index in [9.17, 15) is 9.59 Å². The van der Waals surface area contributed by atoms with Crippen molar-refractivity contribution in [2.45, 2.75) is 38.8 Å². The minimum atomic E-state index is -0.826. The van der Waals surface area contributed by atoms with E-state index < -0.39 is 23.7 Å². The van der Waals surface area contributed by atoms with Crippen LogP contribution in [0.15, 0.2) is 28.9 Å². The van der Waals surface area contributed by atoms with Crippen LogP contribution >= 0.6 is 15.9 Å². The molecule has 0 aliphatic rings. The number of esters is 1. The maximum absolute atomic E-state index is 12.0. The molecule has 1 aromatic heterocycles. The van der Waals surface area contributed by atoms with Crippen LogP contribution in [0.5, 0.6) is 0 Å². The quantitative estimate of drug-likeness (QED) is 0.774. The van der Waals surface area contributed by atoms with E-state index >= 15 is 0 Å². The number of nitrogens with one attached hydrogen (secondary N) is 2.